The molecule has 5 nitrogen and oxygen atoms in total. The lowest BCUT2D eigenvalue weighted by Gasteiger charge is -2.14. The second-order valence-electron chi connectivity index (χ2n) is 7.33. The van der Waals surface area contributed by atoms with Gasteiger partial charge in [-0.05, 0) is 62.6 Å². The van der Waals surface area contributed by atoms with E-state index >= 15 is 0 Å². The molecule has 0 fully saturated rings. The number of methoxy groups -OCH3 is 1. The van der Waals surface area contributed by atoms with Crippen molar-refractivity contribution < 1.29 is 4.74 Å². The van der Waals surface area contributed by atoms with Crippen molar-refractivity contribution in [2.75, 3.05) is 7.11 Å². The highest BCUT2D eigenvalue weighted by Gasteiger charge is 2.11. The molecule has 146 valence electrons. The molecule has 0 N–H and O–H groups in total. The van der Waals surface area contributed by atoms with Crippen LogP contribution >= 0.6 is 0 Å². The van der Waals surface area contributed by atoms with E-state index in [1.165, 1.54) is 5.56 Å². The summed E-state index contributed by atoms with van der Waals surface area (Å²) < 4.78 is 8.55. The Hall–Kier alpha value is -3.08. The first-order valence-electron chi connectivity index (χ1n) is 9.27. The number of nitrogens with zero attached hydrogens (tertiary/aromatic N) is 3. The van der Waals surface area contributed by atoms with Gasteiger partial charge in [-0.3, -0.25) is 9.13 Å². The zero-order valence-corrected chi connectivity index (χ0v) is 17.6. The summed E-state index contributed by atoms with van der Waals surface area (Å²) in [5.41, 5.74) is 7.66. The molecule has 28 heavy (non-hydrogen) atoms. The molecule has 2 aromatic carbocycles. The third kappa shape index (κ3) is 3.52. The van der Waals surface area contributed by atoms with Crippen molar-refractivity contribution in [3.05, 3.63) is 74.6 Å². The van der Waals surface area contributed by atoms with Gasteiger partial charge in [-0.15, -0.1) is 0 Å². The lowest BCUT2D eigenvalue weighted by atomic mass is 10.0. The first-order valence-corrected chi connectivity index (χ1v) is 9.27. The van der Waals surface area contributed by atoms with Crippen molar-refractivity contribution in [2.45, 2.75) is 27.7 Å². The smallest absolute Gasteiger partial charge is 0.329 e. The Labute approximate surface area is 165 Å². The fraction of sp³-hybridized carbons (Fsp3) is 0.304. The summed E-state index contributed by atoms with van der Waals surface area (Å²) in [6.07, 6.45) is 0. The number of hydrogen-bond acceptors (Lipinski definition) is 3. The summed E-state index contributed by atoms with van der Waals surface area (Å²) in [4.78, 5) is 17.7. The third-order valence-electron chi connectivity index (χ3n) is 5.12. The van der Waals surface area contributed by atoms with Gasteiger partial charge in [0.15, 0.2) is 0 Å². The molecule has 5 heteroatoms. The molecule has 0 bridgehead atoms. The maximum atomic E-state index is 12.9. The Balaban J connectivity index is 2.30. The predicted octanol–water partition coefficient (Wildman–Crippen LogP) is 3.87. The highest BCUT2D eigenvalue weighted by Crippen LogP contribution is 2.26. The van der Waals surface area contributed by atoms with Crippen LogP contribution in [0.2, 0.25) is 0 Å². The van der Waals surface area contributed by atoms with Crippen molar-refractivity contribution in [1.82, 2.24) is 9.13 Å². The molecule has 0 saturated heterocycles. The fourth-order valence-electron chi connectivity index (χ4n) is 3.62. The van der Waals surface area contributed by atoms with Crippen molar-refractivity contribution in [1.29, 1.82) is 0 Å². The molecule has 1 heterocycles. The highest BCUT2D eigenvalue weighted by molar-refractivity contribution is 5.65. The molecule has 1 aromatic heterocycles. The van der Waals surface area contributed by atoms with E-state index in [1.807, 2.05) is 31.2 Å². The van der Waals surface area contributed by atoms with Crippen LogP contribution in [0.3, 0.4) is 0 Å². The van der Waals surface area contributed by atoms with E-state index in [0.717, 1.165) is 39.4 Å². The number of hydrogen-bond donors (Lipinski definition) is 0. The Morgan fingerprint density at radius 3 is 2.07 bits per heavy atom. The number of aromatic nitrogens is 2. The van der Waals surface area contributed by atoms with E-state index in [0.29, 0.717) is 5.49 Å². The number of ether oxygens (including phenoxy) is 1. The van der Waals surface area contributed by atoms with E-state index < -0.39 is 0 Å². The van der Waals surface area contributed by atoms with Gasteiger partial charge < -0.3 is 4.74 Å². The van der Waals surface area contributed by atoms with Crippen molar-refractivity contribution >= 4 is 5.69 Å². The Morgan fingerprint density at radius 2 is 1.50 bits per heavy atom. The average Bonchev–Trinajstić information content (AvgIpc) is 2.64. The van der Waals surface area contributed by atoms with E-state index in [2.05, 4.69) is 32.9 Å². The van der Waals surface area contributed by atoms with E-state index in [4.69, 9.17) is 9.73 Å². The second-order valence-corrected chi connectivity index (χ2v) is 7.33. The zero-order chi connectivity index (χ0) is 20.6. The Morgan fingerprint density at radius 1 is 0.857 bits per heavy atom. The maximum absolute atomic E-state index is 12.9. The molecule has 0 atom stereocenters. The van der Waals surface area contributed by atoms with Crippen LogP contribution in [0.4, 0.5) is 5.69 Å². The zero-order valence-electron chi connectivity index (χ0n) is 17.6. The maximum Gasteiger partial charge on any atom is 0.329 e. The van der Waals surface area contributed by atoms with Gasteiger partial charge in [0, 0.05) is 25.7 Å². The molecule has 0 amide bonds. The Kier molecular flexibility index (Phi) is 5.27. The minimum atomic E-state index is -0.117. The highest BCUT2D eigenvalue weighted by atomic mass is 16.5. The molecule has 0 unspecified atom stereocenters. The molecule has 0 aliphatic rings. The van der Waals surface area contributed by atoms with Crippen molar-refractivity contribution in [2.24, 2.45) is 19.1 Å². The van der Waals surface area contributed by atoms with Crippen LogP contribution in [0.25, 0.3) is 11.3 Å². The summed E-state index contributed by atoms with van der Waals surface area (Å²) in [5, 5.41) is 0. The van der Waals surface area contributed by atoms with Crippen LogP contribution in [0.5, 0.6) is 5.75 Å². The van der Waals surface area contributed by atoms with E-state index in [9.17, 15) is 4.79 Å². The van der Waals surface area contributed by atoms with Gasteiger partial charge in [0.1, 0.15) is 11.2 Å². The lowest BCUT2D eigenvalue weighted by Crippen LogP contribution is -2.37. The van der Waals surface area contributed by atoms with Gasteiger partial charge in [-0.1, -0.05) is 17.7 Å². The normalized spacial score (nSPS) is 11.8. The second kappa shape index (κ2) is 7.50. The van der Waals surface area contributed by atoms with E-state index in [1.54, 1.807) is 30.3 Å². The SMILES string of the molecule is COc1ccc(-c2cc(=Nc3c(C)cc(C)cc3C)n(C)c(=O)n2C)c(C)c1. The summed E-state index contributed by atoms with van der Waals surface area (Å²) in [7, 11) is 5.19. The predicted molar refractivity (Wildman–Crippen MR) is 113 cm³/mol. The van der Waals surface area contributed by atoms with Crippen molar-refractivity contribution in [3.8, 4) is 17.0 Å². The molecule has 3 aromatic rings. The third-order valence-corrected chi connectivity index (χ3v) is 5.12. The molecule has 0 saturated carbocycles. The van der Waals surface area contributed by atoms with Gasteiger partial charge in [0.2, 0.25) is 0 Å². The standard InChI is InChI=1S/C23H27N3O2/c1-14-10-16(3)22(17(4)11-14)24-21-13-20(25(5)23(27)26(21)6)19-9-8-18(28-7)12-15(19)2/h8-13H,1-7H3. The lowest BCUT2D eigenvalue weighted by molar-refractivity contribution is 0.414. The topological polar surface area (TPSA) is 48.5 Å². The van der Waals surface area contributed by atoms with E-state index in [-0.39, 0.29) is 5.69 Å². The van der Waals surface area contributed by atoms with Gasteiger partial charge in [-0.25, -0.2) is 9.79 Å². The number of benzene rings is 2. The molecule has 0 aliphatic carbocycles. The molecule has 0 spiro atoms. The molecule has 0 radical (unpaired) electrons. The average molecular weight is 377 g/mol. The van der Waals surface area contributed by atoms with Gasteiger partial charge in [0.05, 0.1) is 18.5 Å². The van der Waals surface area contributed by atoms with Crippen LogP contribution in [0, 0.1) is 27.7 Å². The minimum absolute atomic E-state index is 0.117. The first-order chi connectivity index (χ1) is 13.2. The van der Waals surface area contributed by atoms with Crippen LogP contribution in [-0.4, -0.2) is 16.2 Å². The van der Waals surface area contributed by atoms with Crippen LogP contribution in [0.15, 0.2) is 46.2 Å². The molecular weight excluding hydrogens is 350 g/mol. The van der Waals surface area contributed by atoms with Gasteiger partial charge in [0.25, 0.3) is 0 Å². The summed E-state index contributed by atoms with van der Waals surface area (Å²) in [5.74, 6) is 0.795. The fourth-order valence-corrected chi connectivity index (χ4v) is 3.62. The van der Waals surface area contributed by atoms with Gasteiger partial charge in [-0.2, -0.15) is 0 Å². The van der Waals surface area contributed by atoms with Crippen LogP contribution in [-0.2, 0) is 14.1 Å². The van der Waals surface area contributed by atoms with Gasteiger partial charge >= 0.3 is 5.69 Å². The summed E-state index contributed by atoms with van der Waals surface area (Å²) in [6, 6.07) is 12.1. The molecule has 3 rings (SSSR count). The Bertz CT molecular complexity index is 1160. The monoisotopic (exact) mass is 377 g/mol. The molecular formula is C23H27N3O2. The number of rotatable bonds is 3. The number of aryl methyl sites for hydroxylation is 4. The van der Waals surface area contributed by atoms with Crippen LogP contribution < -0.4 is 15.9 Å². The van der Waals surface area contributed by atoms with Crippen LogP contribution in [0.1, 0.15) is 22.3 Å². The largest absolute Gasteiger partial charge is 0.497 e. The first kappa shape index (κ1) is 19.7. The van der Waals surface area contributed by atoms with Crippen molar-refractivity contribution in [3.63, 3.8) is 0 Å². The quantitative estimate of drug-likeness (QED) is 0.696. The minimum Gasteiger partial charge on any atom is -0.497 e. The summed E-state index contributed by atoms with van der Waals surface area (Å²) >= 11 is 0. The molecule has 0 aliphatic heterocycles. The summed E-state index contributed by atoms with van der Waals surface area (Å²) in [6.45, 7) is 8.19.